The maximum atomic E-state index is 12.1. The number of nitrogens with zero attached hydrogens (tertiary/aromatic N) is 2. The van der Waals surface area contributed by atoms with E-state index in [2.05, 4.69) is 68.5 Å². The molecule has 0 unspecified atom stereocenters. The molecule has 0 aliphatic carbocycles. The van der Waals surface area contributed by atoms with E-state index in [1.54, 1.807) is 16.3 Å². The topological polar surface area (TPSA) is 81.7 Å². The van der Waals surface area contributed by atoms with Gasteiger partial charge in [0, 0.05) is 22.9 Å². The largest absolute Gasteiger partial charge is 0.395 e. The Morgan fingerprint density at radius 1 is 0.930 bits per heavy atom. The van der Waals surface area contributed by atoms with E-state index in [4.69, 9.17) is 0 Å². The van der Waals surface area contributed by atoms with Gasteiger partial charge in [0.15, 0.2) is 0 Å². The molecule has 0 fully saturated rings. The van der Waals surface area contributed by atoms with Crippen LogP contribution >= 0.6 is 23.1 Å². The number of anilines is 1. The molecule has 4 aromatic carbocycles. The van der Waals surface area contributed by atoms with E-state index in [0.717, 1.165) is 64.4 Å². The third-order valence-electron chi connectivity index (χ3n) is 6.87. The summed E-state index contributed by atoms with van der Waals surface area (Å²) in [7, 11) is -4.28. The van der Waals surface area contributed by atoms with Crippen molar-refractivity contribution in [3.63, 3.8) is 0 Å². The number of fused-ring (bicyclic) bond motifs is 6. The molecule has 0 saturated heterocycles. The Balaban J connectivity index is 0.00000102. The highest BCUT2D eigenvalue weighted by Gasteiger charge is 2.29. The average molecular weight is 632 g/mol. The number of benzene rings is 4. The van der Waals surface area contributed by atoms with Crippen molar-refractivity contribution in [3.05, 3.63) is 121 Å². The van der Waals surface area contributed by atoms with Crippen LogP contribution in [0.5, 0.6) is 0 Å². The first-order valence-corrected chi connectivity index (χ1v) is 16.9. The van der Waals surface area contributed by atoms with Gasteiger partial charge in [0.1, 0.15) is 4.70 Å². The zero-order valence-electron chi connectivity index (χ0n) is 24.1. The summed E-state index contributed by atoms with van der Waals surface area (Å²) >= 11 is 3.17. The van der Waals surface area contributed by atoms with Crippen LogP contribution in [0.15, 0.2) is 121 Å². The van der Waals surface area contributed by atoms with Crippen molar-refractivity contribution in [1.29, 1.82) is 0 Å². The number of hydrogen-bond acceptors (Lipinski definition) is 6. The molecule has 6 rings (SSSR count). The van der Waals surface area contributed by atoms with E-state index >= 15 is 0 Å². The molecule has 2 heterocycles. The van der Waals surface area contributed by atoms with Gasteiger partial charge in [0.2, 0.25) is 5.52 Å². The third-order valence-corrected chi connectivity index (χ3v) is 9.65. The maximum Gasteiger partial charge on any atom is 0.326 e. The second kappa shape index (κ2) is 14.2. The summed E-state index contributed by atoms with van der Waals surface area (Å²) in [6.45, 7) is 14.6. The second-order valence-corrected chi connectivity index (χ2v) is 12.9. The van der Waals surface area contributed by atoms with Crippen LogP contribution < -0.4 is 9.47 Å². The molecule has 0 saturated carbocycles. The van der Waals surface area contributed by atoms with E-state index in [0.29, 0.717) is 6.54 Å². The number of rotatable bonds is 7. The molecule has 2 N–H and O–H groups in total. The van der Waals surface area contributed by atoms with Gasteiger partial charge in [-0.1, -0.05) is 84.6 Å². The Morgan fingerprint density at radius 2 is 1.56 bits per heavy atom. The van der Waals surface area contributed by atoms with Crippen LogP contribution in [0.4, 0.5) is 5.69 Å². The molecule has 5 aromatic rings. The van der Waals surface area contributed by atoms with Crippen LogP contribution in [0, 0.1) is 0 Å². The van der Waals surface area contributed by atoms with Gasteiger partial charge in [0.05, 0.1) is 22.7 Å². The zero-order valence-corrected chi connectivity index (χ0v) is 26.5. The summed E-state index contributed by atoms with van der Waals surface area (Å²) in [5.74, 6) is -0.525. The van der Waals surface area contributed by atoms with Gasteiger partial charge in [0.25, 0.3) is 10.9 Å². The molecule has 1 aliphatic heterocycles. The Morgan fingerprint density at radius 3 is 2.21 bits per heavy atom. The summed E-state index contributed by atoms with van der Waals surface area (Å²) in [5, 5.41) is 15.9. The summed E-state index contributed by atoms with van der Waals surface area (Å²) in [6.07, 6.45) is 4.85. The van der Waals surface area contributed by atoms with Crippen molar-refractivity contribution in [1.82, 2.24) is 0 Å². The first-order valence-electron chi connectivity index (χ1n) is 13.7. The summed E-state index contributed by atoms with van der Waals surface area (Å²) in [5.41, 5.74) is 2.90. The lowest BCUT2D eigenvalue weighted by molar-refractivity contribution is -0.648. The minimum atomic E-state index is -4.28. The lowest BCUT2D eigenvalue weighted by Gasteiger charge is -2.21. The van der Waals surface area contributed by atoms with Crippen LogP contribution in [-0.4, -0.2) is 31.2 Å². The molecule has 6 nitrogen and oxygen atoms in total. The number of aliphatic hydroxyl groups excluding tert-OH is 1. The molecule has 1 aromatic heterocycles. The highest BCUT2D eigenvalue weighted by atomic mass is 32.2. The second-order valence-electron chi connectivity index (χ2n) is 9.38. The Kier molecular flexibility index (Phi) is 10.6. The Bertz CT molecular complexity index is 1940. The van der Waals surface area contributed by atoms with Gasteiger partial charge in [-0.3, -0.25) is 4.55 Å². The van der Waals surface area contributed by atoms with Gasteiger partial charge in [-0.05, 0) is 47.0 Å². The van der Waals surface area contributed by atoms with Gasteiger partial charge >= 0.3 is 10.1 Å². The average Bonchev–Trinajstić information content (AvgIpc) is 3.55. The molecule has 222 valence electrons. The van der Waals surface area contributed by atoms with E-state index in [-0.39, 0.29) is 6.61 Å². The zero-order chi connectivity index (χ0) is 31.1. The van der Waals surface area contributed by atoms with Gasteiger partial charge in [-0.15, -0.1) is 26.3 Å². The minimum absolute atomic E-state index is 0.0173. The molecule has 43 heavy (non-hydrogen) atoms. The molecule has 1 aliphatic rings. The minimum Gasteiger partial charge on any atom is -0.395 e. The molecule has 0 amide bonds. The van der Waals surface area contributed by atoms with Crippen LogP contribution in [0.1, 0.15) is 18.4 Å². The van der Waals surface area contributed by atoms with Crippen LogP contribution in [-0.2, 0) is 16.0 Å². The highest BCUT2D eigenvalue weighted by Crippen LogP contribution is 2.49. The SMILES string of the molecule is C=C.C=C.CCC(=Cc1sc2ccc3ccccc3c2[n+]1CS(=O)(=O)O)C=C1Sc2ccc3ccccc3c2N1CCO. The summed E-state index contributed by atoms with van der Waals surface area (Å²) in [4.78, 5) is 3.30. The van der Waals surface area contributed by atoms with Crippen molar-refractivity contribution in [3.8, 4) is 0 Å². The standard InChI is InChI=1S/C30H26N2O4S3.2C2H4/c1-2-20(17-27-31(15-16-33)29-23-9-5-3-7-21(23)11-13-25(29)37-27)18-28-32(19-39(34,35)36)30-24-10-6-4-8-22(24)12-14-26(30)38-28;2*1-2/h3-14,17-18,33H,2,15-16,19H2,1H3;2*1-2H2/p+1. The molecule has 0 atom stereocenters. The van der Waals surface area contributed by atoms with E-state index in [9.17, 15) is 18.1 Å². The molecule has 0 bridgehead atoms. The molecule has 0 spiro atoms. The van der Waals surface area contributed by atoms with Crippen LogP contribution in [0.3, 0.4) is 0 Å². The van der Waals surface area contributed by atoms with Crippen molar-refractivity contribution in [2.45, 2.75) is 24.1 Å². The number of hydrogen-bond donors (Lipinski definition) is 2. The lowest BCUT2D eigenvalue weighted by atomic mass is 10.1. The first-order chi connectivity index (χ1) is 20.9. The number of thiazole rings is 1. The highest BCUT2D eigenvalue weighted by molar-refractivity contribution is 8.03. The van der Waals surface area contributed by atoms with Crippen molar-refractivity contribution >= 4 is 76.7 Å². The predicted octanol–water partition coefficient (Wildman–Crippen LogP) is 8.18. The van der Waals surface area contributed by atoms with Gasteiger partial charge in [-0.25, -0.2) is 0 Å². The number of thioether (sulfide) groups is 1. The van der Waals surface area contributed by atoms with Gasteiger partial charge < -0.3 is 10.0 Å². The number of aliphatic hydroxyl groups is 1. The fourth-order valence-corrected chi connectivity index (χ4v) is 8.15. The summed E-state index contributed by atoms with van der Waals surface area (Å²) in [6, 6.07) is 24.4. The monoisotopic (exact) mass is 631 g/mol. The van der Waals surface area contributed by atoms with Gasteiger partial charge in [-0.2, -0.15) is 13.0 Å². The lowest BCUT2D eigenvalue weighted by Crippen LogP contribution is -2.39. The molecule has 0 radical (unpaired) electrons. The predicted molar refractivity (Wildman–Crippen MR) is 184 cm³/mol. The molecule has 9 heteroatoms. The summed E-state index contributed by atoms with van der Waals surface area (Å²) < 4.78 is 36.7. The fourth-order valence-electron chi connectivity index (χ4n) is 5.14. The van der Waals surface area contributed by atoms with Crippen LogP contribution in [0.2, 0.25) is 0 Å². The fraction of sp³-hybridized carbons (Fsp3) is 0.147. The van der Waals surface area contributed by atoms with Crippen molar-refractivity contribution < 1.29 is 22.6 Å². The van der Waals surface area contributed by atoms with Crippen molar-refractivity contribution in [2.24, 2.45) is 0 Å². The Hall–Kier alpha value is -3.73. The maximum absolute atomic E-state index is 12.1. The molecular weight excluding hydrogens is 597 g/mol. The molecular formula is C34H35N2O4S3+. The van der Waals surface area contributed by atoms with E-state index in [1.807, 2.05) is 54.6 Å². The van der Waals surface area contributed by atoms with E-state index in [1.165, 1.54) is 11.3 Å². The number of aromatic nitrogens is 1. The smallest absolute Gasteiger partial charge is 0.326 e. The van der Waals surface area contributed by atoms with E-state index < -0.39 is 16.0 Å². The third kappa shape index (κ3) is 6.76. The quantitative estimate of drug-likeness (QED) is 0.107. The normalized spacial score (nSPS) is 14.0. The Labute approximate surface area is 261 Å². The van der Waals surface area contributed by atoms with Crippen molar-refractivity contribution in [2.75, 3.05) is 18.1 Å². The number of allylic oxidation sites excluding steroid dienone is 2. The number of β-amino-alcohol motifs (C(OH)–C–C–N with tert-alkyl or cyclic N) is 1. The first kappa shape index (κ1) is 32.2. The van der Waals surface area contributed by atoms with Crippen LogP contribution in [0.25, 0.3) is 37.8 Å².